The molecule has 0 aliphatic rings. The molecule has 0 bridgehead atoms. The summed E-state index contributed by atoms with van der Waals surface area (Å²) < 4.78 is 8.09. The smallest absolute Gasteiger partial charge is 0.126 e. The summed E-state index contributed by atoms with van der Waals surface area (Å²) in [7, 11) is 0. The first-order valence-corrected chi connectivity index (χ1v) is 9.09. The van der Waals surface area contributed by atoms with E-state index in [1.165, 1.54) is 11.1 Å². The SMILES string of the molecule is CCC(N)c1nc2ccccc2n1CCCCOc1ccc(C)cc1. The van der Waals surface area contributed by atoms with Crippen LogP contribution in [0.4, 0.5) is 0 Å². The summed E-state index contributed by atoms with van der Waals surface area (Å²) >= 11 is 0. The highest BCUT2D eigenvalue weighted by molar-refractivity contribution is 5.76. The number of benzene rings is 2. The van der Waals surface area contributed by atoms with Crippen LogP contribution in [-0.2, 0) is 6.54 Å². The number of para-hydroxylation sites is 2. The van der Waals surface area contributed by atoms with Gasteiger partial charge in [0, 0.05) is 6.54 Å². The molecule has 1 heterocycles. The van der Waals surface area contributed by atoms with Gasteiger partial charge in [0.05, 0.1) is 23.7 Å². The van der Waals surface area contributed by atoms with Gasteiger partial charge in [0.2, 0.25) is 0 Å². The lowest BCUT2D eigenvalue weighted by molar-refractivity contribution is 0.303. The number of hydrogen-bond acceptors (Lipinski definition) is 3. The Morgan fingerprint density at radius 2 is 1.84 bits per heavy atom. The first-order chi connectivity index (χ1) is 12.2. The van der Waals surface area contributed by atoms with Gasteiger partial charge in [0.15, 0.2) is 0 Å². The minimum absolute atomic E-state index is 0.0174. The average molecular weight is 337 g/mol. The molecular weight excluding hydrogens is 310 g/mol. The molecule has 0 radical (unpaired) electrons. The average Bonchev–Trinajstić information content (AvgIpc) is 3.01. The van der Waals surface area contributed by atoms with Crippen LogP contribution in [0.2, 0.25) is 0 Å². The lowest BCUT2D eigenvalue weighted by Gasteiger charge is -2.13. The molecule has 2 N–H and O–H groups in total. The Morgan fingerprint density at radius 1 is 1.08 bits per heavy atom. The molecule has 0 aliphatic heterocycles. The van der Waals surface area contributed by atoms with Crippen LogP contribution in [0, 0.1) is 6.92 Å². The van der Waals surface area contributed by atoms with Crippen molar-refractivity contribution in [3.05, 3.63) is 59.9 Å². The molecule has 4 nitrogen and oxygen atoms in total. The van der Waals surface area contributed by atoms with Gasteiger partial charge in [0.1, 0.15) is 11.6 Å². The van der Waals surface area contributed by atoms with Gasteiger partial charge in [-0.2, -0.15) is 0 Å². The molecular formula is C21H27N3O. The zero-order valence-electron chi connectivity index (χ0n) is 15.1. The highest BCUT2D eigenvalue weighted by Crippen LogP contribution is 2.22. The van der Waals surface area contributed by atoms with E-state index >= 15 is 0 Å². The van der Waals surface area contributed by atoms with E-state index < -0.39 is 0 Å². The maximum atomic E-state index is 6.27. The number of fused-ring (bicyclic) bond motifs is 1. The first kappa shape index (κ1) is 17.5. The summed E-state index contributed by atoms with van der Waals surface area (Å²) in [5.74, 6) is 1.93. The van der Waals surface area contributed by atoms with E-state index in [0.717, 1.165) is 49.5 Å². The first-order valence-electron chi connectivity index (χ1n) is 9.09. The van der Waals surface area contributed by atoms with Crippen LogP contribution in [0.3, 0.4) is 0 Å². The molecule has 0 saturated heterocycles. The maximum Gasteiger partial charge on any atom is 0.126 e. The molecule has 3 aromatic rings. The summed E-state index contributed by atoms with van der Waals surface area (Å²) in [4.78, 5) is 4.74. The summed E-state index contributed by atoms with van der Waals surface area (Å²) in [6, 6.07) is 16.4. The second-order valence-electron chi connectivity index (χ2n) is 6.49. The number of unbranched alkanes of at least 4 members (excludes halogenated alkanes) is 1. The van der Waals surface area contributed by atoms with Crippen molar-refractivity contribution in [3.63, 3.8) is 0 Å². The molecule has 0 fully saturated rings. The van der Waals surface area contributed by atoms with Gasteiger partial charge in [-0.25, -0.2) is 4.98 Å². The molecule has 1 aromatic heterocycles. The fraction of sp³-hybridized carbons (Fsp3) is 0.381. The fourth-order valence-corrected chi connectivity index (χ4v) is 2.99. The van der Waals surface area contributed by atoms with Crippen LogP contribution >= 0.6 is 0 Å². The Labute approximate surface area is 149 Å². The third-order valence-electron chi connectivity index (χ3n) is 4.52. The van der Waals surface area contributed by atoms with Crippen molar-refractivity contribution in [1.29, 1.82) is 0 Å². The number of aromatic nitrogens is 2. The summed E-state index contributed by atoms with van der Waals surface area (Å²) in [6.45, 7) is 5.83. The number of rotatable bonds is 8. The Bertz CT molecular complexity index is 808. The minimum atomic E-state index is -0.0174. The second kappa shape index (κ2) is 8.17. The summed E-state index contributed by atoms with van der Waals surface area (Å²) in [5.41, 5.74) is 9.71. The molecule has 0 saturated carbocycles. The largest absolute Gasteiger partial charge is 0.494 e. The molecule has 0 aliphatic carbocycles. The third-order valence-corrected chi connectivity index (χ3v) is 4.52. The molecule has 2 aromatic carbocycles. The Morgan fingerprint density at radius 3 is 2.60 bits per heavy atom. The Balaban J connectivity index is 1.59. The summed E-state index contributed by atoms with van der Waals surface area (Å²) in [5, 5.41) is 0. The van der Waals surface area contributed by atoms with E-state index in [4.69, 9.17) is 15.5 Å². The zero-order valence-corrected chi connectivity index (χ0v) is 15.1. The lowest BCUT2D eigenvalue weighted by atomic mass is 10.2. The standard InChI is InChI=1S/C21H27N3O/c1-3-18(22)21-23-19-8-4-5-9-20(19)24(21)14-6-7-15-25-17-12-10-16(2)11-13-17/h4-5,8-13,18H,3,6-7,14-15,22H2,1-2H3. The van der Waals surface area contributed by atoms with Crippen molar-refractivity contribution in [1.82, 2.24) is 9.55 Å². The highest BCUT2D eigenvalue weighted by atomic mass is 16.5. The normalized spacial score (nSPS) is 12.4. The van der Waals surface area contributed by atoms with Crippen molar-refractivity contribution in [2.24, 2.45) is 5.73 Å². The van der Waals surface area contributed by atoms with E-state index in [1.807, 2.05) is 18.2 Å². The molecule has 25 heavy (non-hydrogen) atoms. The van der Waals surface area contributed by atoms with Crippen molar-refractivity contribution in [2.45, 2.75) is 45.7 Å². The third kappa shape index (κ3) is 4.20. The number of imidazole rings is 1. The molecule has 0 spiro atoms. The van der Waals surface area contributed by atoms with Crippen molar-refractivity contribution >= 4 is 11.0 Å². The monoisotopic (exact) mass is 337 g/mol. The molecule has 1 unspecified atom stereocenters. The maximum absolute atomic E-state index is 6.27. The van der Waals surface area contributed by atoms with Crippen LogP contribution in [0.5, 0.6) is 5.75 Å². The van der Waals surface area contributed by atoms with Gasteiger partial charge in [-0.15, -0.1) is 0 Å². The number of hydrogen-bond donors (Lipinski definition) is 1. The summed E-state index contributed by atoms with van der Waals surface area (Å²) in [6.07, 6.45) is 2.93. The van der Waals surface area contributed by atoms with E-state index in [2.05, 4.69) is 48.7 Å². The zero-order chi connectivity index (χ0) is 17.6. The van der Waals surface area contributed by atoms with Gasteiger partial charge in [-0.05, 0) is 50.5 Å². The van der Waals surface area contributed by atoms with Gasteiger partial charge < -0.3 is 15.0 Å². The fourth-order valence-electron chi connectivity index (χ4n) is 2.99. The number of nitrogens with zero attached hydrogens (tertiary/aromatic N) is 2. The number of aryl methyl sites for hydroxylation is 2. The van der Waals surface area contributed by atoms with Gasteiger partial charge >= 0.3 is 0 Å². The van der Waals surface area contributed by atoms with Crippen LogP contribution in [0.25, 0.3) is 11.0 Å². The Hall–Kier alpha value is -2.33. The Kier molecular flexibility index (Phi) is 5.71. The molecule has 4 heteroatoms. The molecule has 0 amide bonds. The van der Waals surface area contributed by atoms with E-state index in [-0.39, 0.29) is 6.04 Å². The minimum Gasteiger partial charge on any atom is -0.494 e. The van der Waals surface area contributed by atoms with Gasteiger partial charge in [0.25, 0.3) is 0 Å². The van der Waals surface area contributed by atoms with Gasteiger partial charge in [-0.3, -0.25) is 0 Å². The van der Waals surface area contributed by atoms with Crippen molar-refractivity contribution in [2.75, 3.05) is 6.61 Å². The number of nitrogens with two attached hydrogens (primary N) is 1. The van der Waals surface area contributed by atoms with E-state index in [0.29, 0.717) is 0 Å². The van der Waals surface area contributed by atoms with E-state index in [9.17, 15) is 0 Å². The molecule has 132 valence electrons. The predicted molar refractivity (Wildman–Crippen MR) is 103 cm³/mol. The topological polar surface area (TPSA) is 53.1 Å². The van der Waals surface area contributed by atoms with Crippen LogP contribution in [0.1, 0.15) is 43.6 Å². The van der Waals surface area contributed by atoms with Crippen LogP contribution < -0.4 is 10.5 Å². The van der Waals surface area contributed by atoms with Crippen molar-refractivity contribution in [3.8, 4) is 5.75 Å². The highest BCUT2D eigenvalue weighted by Gasteiger charge is 2.15. The lowest BCUT2D eigenvalue weighted by Crippen LogP contribution is -2.16. The van der Waals surface area contributed by atoms with Crippen molar-refractivity contribution < 1.29 is 4.74 Å². The van der Waals surface area contributed by atoms with Crippen LogP contribution in [-0.4, -0.2) is 16.2 Å². The van der Waals surface area contributed by atoms with Gasteiger partial charge in [-0.1, -0.05) is 36.8 Å². The second-order valence-corrected chi connectivity index (χ2v) is 6.49. The quantitative estimate of drug-likeness (QED) is 0.611. The molecule has 3 rings (SSSR count). The van der Waals surface area contributed by atoms with E-state index in [1.54, 1.807) is 0 Å². The predicted octanol–water partition coefficient (Wildman–Crippen LogP) is 4.61. The van der Waals surface area contributed by atoms with Crippen LogP contribution in [0.15, 0.2) is 48.5 Å². The molecule has 1 atom stereocenters. The number of ether oxygens (including phenoxy) is 1.